The van der Waals surface area contributed by atoms with Gasteiger partial charge in [-0.25, -0.2) is 8.78 Å². The molecule has 1 aromatic carbocycles. The highest BCUT2D eigenvalue weighted by molar-refractivity contribution is 6.63. The molecule has 7 heteroatoms. The van der Waals surface area contributed by atoms with E-state index in [0.29, 0.717) is 0 Å². The summed E-state index contributed by atoms with van der Waals surface area (Å²) in [4.78, 5) is 0. The minimum absolute atomic E-state index is 0.00458. The average molecular weight is 309 g/mol. The number of rotatable bonds is 1. The fourth-order valence-electron chi connectivity index (χ4n) is 1.73. The highest BCUT2D eigenvalue weighted by atomic mass is 35.5. The van der Waals surface area contributed by atoms with Crippen molar-refractivity contribution in [1.29, 1.82) is 0 Å². The molecule has 0 aromatic heterocycles. The zero-order valence-corrected chi connectivity index (χ0v) is 12.5. The third-order valence-electron chi connectivity index (χ3n) is 3.64. The van der Waals surface area contributed by atoms with Crippen molar-refractivity contribution in [1.82, 2.24) is 0 Å². The van der Waals surface area contributed by atoms with Crippen LogP contribution in [0.2, 0.25) is 10.0 Å². The molecule has 1 aliphatic rings. The fraction of sp³-hybridized carbons (Fsp3) is 0.500. The van der Waals surface area contributed by atoms with E-state index >= 15 is 0 Å². The standard InChI is InChI=1S/C12H13BCl2F2O2/c1-11(2)12(3,4)19-13(18-11)6-5-7(14)10(17)8(15)9(6)16/h5H,1-4H3. The summed E-state index contributed by atoms with van der Waals surface area (Å²) in [5.74, 6) is -1.90. The van der Waals surface area contributed by atoms with E-state index < -0.39 is 35.0 Å². The number of hydrogen-bond donors (Lipinski definition) is 0. The van der Waals surface area contributed by atoms with Crippen LogP contribution >= 0.6 is 23.2 Å². The first-order valence-electron chi connectivity index (χ1n) is 5.75. The van der Waals surface area contributed by atoms with E-state index in [1.54, 1.807) is 0 Å². The van der Waals surface area contributed by atoms with Crippen molar-refractivity contribution in [3.05, 3.63) is 27.7 Å². The summed E-state index contributed by atoms with van der Waals surface area (Å²) in [6.45, 7) is 7.32. The summed E-state index contributed by atoms with van der Waals surface area (Å²) >= 11 is 11.2. The Balaban J connectivity index is 2.46. The molecule has 0 spiro atoms. The second-order valence-electron chi connectivity index (χ2n) is 5.48. The number of halogens is 4. The van der Waals surface area contributed by atoms with Crippen molar-refractivity contribution in [2.75, 3.05) is 0 Å². The summed E-state index contributed by atoms with van der Waals surface area (Å²) in [5, 5.41) is -0.923. The van der Waals surface area contributed by atoms with E-state index in [9.17, 15) is 8.78 Å². The maximum Gasteiger partial charge on any atom is 0.497 e. The minimum Gasteiger partial charge on any atom is -0.399 e. The van der Waals surface area contributed by atoms with E-state index in [-0.39, 0.29) is 10.5 Å². The van der Waals surface area contributed by atoms with E-state index in [1.807, 2.05) is 27.7 Å². The van der Waals surface area contributed by atoms with Gasteiger partial charge in [-0.15, -0.1) is 0 Å². The topological polar surface area (TPSA) is 18.5 Å². The van der Waals surface area contributed by atoms with Crippen molar-refractivity contribution in [2.24, 2.45) is 0 Å². The van der Waals surface area contributed by atoms with Gasteiger partial charge < -0.3 is 9.31 Å². The van der Waals surface area contributed by atoms with Gasteiger partial charge in [0, 0.05) is 5.46 Å². The highest BCUT2D eigenvalue weighted by Gasteiger charge is 2.52. The van der Waals surface area contributed by atoms with Gasteiger partial charge in [0.15, 0.2) is 5.82 Å². The second kappa shape index (κ2) is 4.59. The quantitative estimate of drug-likeness (QED) is 0.448. The second-order valence-corrected chi connectivity index (χ2v) is 6.26. The Labute approximate surface area is 121 Å². The SMILES string of the molecule is CC1(C)OB(c2cc(Cl)c(F)c(Cl)c2F)OC1(C)C. The first-order chi connectivity index (χ1) is 8.57. The highest BCUT2D eigenvalue weighted by Crippen LogP contribution is 2.37. The molecule has 0 N–H and O–H groups in total. The largest absolute Gasteiger partial charge is 0.497 e. The first-order valence-corrected chi connectivity index (χ1v) is 6.51. The molecule has 1 aliphatic heterocycles. The van der Waals surface area contributed by atoms with Crippen LogP contribution < -0.4 is 5.46 Å². The van der Waals surface area contributed by atoms with Crippen LogP contribution in [0.25, 0.3) is 0 Å². The Morgan fingerprint density at radius 2 is 1.47 bits per heavy atom. The summed E-state index contributed by atoms with van der Waals surface area (Å²) in [5.41, 5.74) is -1.26. The van der Waals surface area contributed by atoms with Crippen molar-refractivity contribution in [3.63, 3.8) is 0 Å². The van der Waals surface area contributed by atoms with Crippen LogP contribution in [0.3, 0.4) is 0 Å². The van der Waals surface area contributed by atoms with E-state index in [2.05, 4.69) is 0 Å². The summed E-state index contributed by atoms with van der Waals surface area (Å²) in [7, 11) is -0.972. The van der Waals surface area contributed by atoms with E-state index in [1.165, 1.54) is 0 Å². The molecule has 0 aliphatic carbocycles. The van der Waals surface area contributed by atoms with Crippen molar-refractivity contribution in [3.8, 4) is 0 Å². The third-order valence-corrected chi connectivity index (χ3v) is 4.24. The van der Waals surface area contributed by atoms with Crippen LogP contribution in [0, 0.1) is 11.6 Å². The van der Waals surface area contributed by atoms with Crippen LogP contribution in [0.4, 0.5) is 8.78 Å². The molecule has 0 atom stereocenters. The number of hydrogen-bond acceptors (Lipinski definition) is 2. The van der Waals surface area contributed by atoms with Gasteiger partial charge in [0.1, 0.15) is 10.8 Å². The van der Waals surface area contributed by atoms with Crippen LogP contribution in [-0.4, -0.2) is 18.3 Å². The molecule has 0 bridgehead atoms. The Hall–Kier alpha value is -0.355. The number of benzene rings is 1. The van der Waals surface area contributed by atoms with Gasteiger partial charge >= 0.3 is 7.12 Å². The van der Waals surface area contributed by atoms with Crippen molar-refractivity contribution in [2.45, 2.75) is 38.9 Å². The molecular weight excluding hydrogens is 296 g/mol. The molecule has 2 rings (SSSR count). The molecule has 1 aromatic rings. The zero-order valence-electron chi connectivity index (χ0n) is 11.0. The Bertz CT molecular complexity index is 519. The fourth-order valence-corrected chi connectivity index (χ4v) is 2.20. The Kier molecular flexibility index (Phi) is 3.63. The van der Waals surface area contributed by atoms with Crippen molar-refractivity contribution >= 4 is 35.8 Å². The van der Waals surface area contributed by atoms with Gasteiger partial charge in [0.2, 0.25) is 0 Å². The monoisotopic (exact) mass is 308 g/mol. The summed E-state index contributed by atoms with van der Waals surface area (Å²) in [6.07, 6.45) is 0. The molecule has 19 heavy (non-hydrogen) atoms. The smallest absolute Gasteiger partial charge is 0.399 e. The van der Waals surface area contributed by atoms with Gasteiger partial charge in [-0.05, 0) is 33.8 Å². The lowest BCUT2D eigenvalue weighted by Crippen LogP contribution is -2.41. The van der Waals surface area contributed by atoms with Crippen LogP contribution in [0.5, 0.6) is 0 Å². The maximum atomic E-state index is 14.0. The van der Waals surface area contributed by atoms with Gasteiger partial charge in [-0.2, -0.15) is 0 Å². The molecule has 1 heterocycles. The van der Waals surface area contributed by atoms with Gasteiger partial charge in [-0.1, -0.05) is 23.2 Å². The summed E-state index contributed by atoms with van der Waals surface area (Å²) in [6, 6.07) is 1.14. The van der Waals surface area contributed by atoms with Gasteiger partial charge in [0.25, 0.3) is 0 Å². The molecule has 0 saturated carbocycles. The molecule has 2 nitrogen and oxygen atoms in total. The predicted octanol–water partition coefficient (Wildman–Crippen LogP) is 3.57. The van der Waals surface area contributed by atoms with E-state index in [4.69, 9.17) is 32.5 Å². The molecule has 0 radical (unpaired) electrons. The molecule has 1 saturated heterocycles. The molecule has 0 unspecified atom stereocenters. The maximum absolute atomic E-state index is 14.0. The average Bonchev–Trinajstić information content (AvgIpc) is 2.50. The minimum atomic E-state index is -0.985. The van der Waals surface area contributed by atoms with Gasteiger partial charge in [-0.3, -0.25) is 0 Å². The zero-order chi connectivity index (χ0) is 14.6. The first kappa shape index (κ1) is 15.0. The molecule has 1 fully saturated rings. The lowest BCUT2D eigenvalue weighted by atomic mass is 9.78. The van der Waals surface area contributed by atoms with Gasteiger partial charge in [0.05, 0.1) is 16.2 Å². The Morgan fingerprint density at radius 3 is 1.95 bits per heavy atom. The Morgan fingerprint density at radius 1 is 1.00 bits per heavy atom. The van der Waals surface area contributed by atoms with Crippen LogP contribution in [-0.2, 0) is 9.31 Å². The van der Waals surface area contributed by atoms with E-state index in [0.717, 1.165) is 6.07 Å². The predicted molar refractivity (Wildman–Crippen MR) is 72.1 cm³/mol. The third kappa shape index (κ3) is 2.37. The lowest BCUT2D eigenvalue weighted by Gasteiger charge is -2.32. The summed E-state index contributed by atoms with van der Waals surface area (Å²) < 4.78 is 38.7. The molecular formula is C12H13BCl2F2O2. The normalized spacial score (nSPS) is 20.9. The van der Waals surface area contributed by atoms with Crippen LogP contribution in [0.1, 0.15) is 27.7 Å². The molecule has 0 amide bonds. The lowest BCUT2D eigenvalue weighted by molar-refractivity contribution is 0.00578. The van der Waals surface area contributed by atoms with Crippen LogP contribution in [0.15, 0.2) is 6.07 Å². The molecule has 104 valence electrons. The van der Waals surface area contributed by atoms with Crippen molar-refractivity contribution < 1.29 is 18.1 Å².